The van der Waals surface area contributed by atoms with Gasteiger partial charge in [-0.3, -0.25) is 4.79 Å². The van der Waals surface area contributed by atoms with Crippen molar-refractivity contribution in [2.75, 3.05) is 13.2 Å². The first-order valence-electron chi connectivity index (χ1n) is 12.6. The number of fused-ring (bicyclic) bond motifs is 1. The van der Waals surface area contributed by atoms with Crippen LogP contribution in [-0.2, 0) is 19.6 Å². The fourth-order valence-corrected chi connectivity index (χ4v) is 8.85. The van der Waals surface area contributed by atoms with Crippen LogP contribution in [-0.4, -0.2) is 77.2 Å². The normalized spacial score (nSPS) is 40.7. The van der Waals surface area contributed by atoms with Gasteiger partial charge in [-0.1, -0.05) is 0 Å². The van der Waals surface area contributed by atoms with E-state index in [4.69, 9.17) is 27.9 Å². The highest BCUT2D eigenvalue weighted by Crippen LogP contribution is 2.37. The Morgan fingerprint density at radius 3 is 2.24 bits per heavy atom. The maximum atomic E-state index is 13.6. The van der Waals surface area contributed by atoms with Crippen LogP contribution >= 0.6 is 23.2 Å². The van der Waals surface area contributed by atoms with E-state index in [2.05, 4.69) is 5.32 Å². The van der Waals surface area contributed by atoms with Crippen LogP contribution < -0.4 is 5.32 Å². The number of carbonyl (C=O) groups excluding carboxylic acids is 1. The van der Waals surface area contributed by atoms with Crippen LogP contribution in [0.2, 0.25) is 0 Å². The number of rotatable bonds is 6. The zero-order valence-corrected chi connectivity index (χ0v) is 21.5. The van der Waals surface area contributed by atoms with Gasteiger partial charge in [0, 0.05) is 29.8 Å². The summed E-state index contributed by atoms with van der Waals surface area (Å²) in [7, 11) is -3.54. The minimum atomic E-state index is -3.54. The molecule has 0 aromatic rings. The van der Waals surface area contributed by atoms with Crippen LogP contribution in [0.1, 0.15) is 77.0 Å². The molecule has 33 heavy (non-hydrogen) atoms. The summed E-state index contributed by atoms with van der Waals surface area (Å²) in [6.45, 7) is -0.0302. The third-order valence-corrected chi connectivity index (χ3v) is 11.3. The lowest BCUT2D eigenvalue weighted by Gasteiger charge is -2.48. The third kappa shape index (κ3) is 6.36. The van der Waals surface area contributed by atoms with Crippen LogP contribution in [0.3, 0.4) is 0 Å². The highest BCUT2D eigenvalue weighted by atomic mass is 35.5. The molecule has 1 saturated heterocycles. The second kappa shape index (κ2) is 11.3. The summed E-state index contributed by atoms with van der Waals surface area (Å²) < 4.78 is 34.9. The summed E-state index contributed by atoms with van der Waals surface area (Å²) in [4.78, 5) is 12.7. The number of carbonyl (C=O) groups is 1. The number of hydrogen-bond donors (Lipinski definition) is 2. The largest absolute Gasteiger partial charge is 0.394 e. The zero-order chi connectivity index (χ0) is 23.6. The SMILES string of the molecule is O=C(CC1CCC(Cl)CC1)NC1CCC2O[C@H](CO)CN(S(=O)(=O)C3CCC(Cl)CC3)C2C1. The molecule has 0 spiro atoms. The van der Waals surface area contributed by atoms with Crippen LogP contribution in [0.25, 0.3) is 0 Å². The first-order valence-corrected chi connectivity index (χ1v) is 15.0. The van der Waals surface area contributed by atoms with E-state index in [0.29, 0.717) is 50.9 Å². The molecule has 1 amide bonds. The van der Waals surface area contributed by atoms with Gasteiger partial charge in [0.15, 0.2) is 0 Å². The van der Waals surface area contributed by atoms with Crippen LogP contribution in [0.4, 0.5) is 0 Å². The summed E-state index contributed by atoms with van der Waals surface area (Å²) in [5, 5.41) is 12.8. The van der Waals surface area contributed by atoms with E-state index in [9.17, 15) is 18.3 Å². The number of nitrogens with one attached hydrogen (secondary N) is 1. The van der Waals surface area contributed by atoms with Crippen molar-refractivity contribution in [3.63, 3.8) is 0 Å². The molecule has 4 rings (SSSR count). The fourth-order valence-electron chi connectivity index (χ4n) is 6.12. The van der Waals surface area contributed by atoms with Gasteiger partial charge in [-0.15, -0.1) is 23.2 Å². The number of aliphatic hydroxyl groups is 1. The van der Waals surface area contributed by atoms with Gasteiger partial charge in [-0.2, -0.15) is 4.31 Å². The first kappa shape index (κ1) is 26.0. The van der Waals surface area contributed by atoms with Crippen LogP contribution in [0.5, 0.6) is 0 Å². The van der Waals surface area contributed by atoms with E-state index in [0.717, 1.165) is 32.1 Å². The minimum absolute atomic E-state index is 0.0489. The molecule has 4 aliphatic rings. The van der Waals surface area contributed by atoms with Gasteiger partial charge in [0.2, 0.25) is 15.9 Å². The summed E-state index contributed by atoms with van der Waals surface area (Å²) in [6, 6.07) is -0.370. The molecule has 1 aliphatic heterocycles. The smallest absolute Gasteiger partial charge is 0.220 e. The van der Waals surface area contributed by atoms with E-state index in [-0.39, 0.29) is 48.0 Å². The van der Waals surface area contributed by atoms with Gasteiger partial charge >= 0.3 is 0 Å². The maximum absolute atomic E-state index is 13.6. The molecule has 7 nitrogen and oxygen atoms in total. The van der Waals surface area contributed by atoms with Gasteiger partial charge in [0.25, 0.3) is 0 Å². The van der Waals surface area contributed by atoms with Gasteiger partial charge < -0.3 is 15.2 Å². The van der Waals surface area contributed by atoms with Crippen molar-refractivity contribution in [3.05, 3.63) is 0 Å². The molecular weight excluding hydrogens is 487 g/mol. The second-order valence-electron chi connectivity index (χ2n) is 10.4. The lowest BCUT2D eigenvalue weighted by atomic mass is 9.85. The Kier molecular flexibility index (Phi) is 8.88. The summed E-state index contributed by atoms with van der Waals surface area (Å²) >= 11 is 12.4. The lowest BCUT2D eigenvalue weighted by molar-refractivity contribution is -0.132. The van der Waals surface area contributed by atoms with E-state index in [1.54, 1.807) is 4.31 Å². The number of alkyl halides is 2. The third-order valence-electron chi connectivity index (χ3n) is 8.05. The van der Waals surface area contributed by atoms with Crippen molar-refractivity contribution in [2.24, 2.45) is 5.92 Å². The Bertz CT molecular complexity index is 769. The molecule has 4 atom stereocenters. The molecule has 4 fully saturated rings. The van der Waals surface area contributed by atoms with Crippen LogP contribution in [0.15, 0.2) is 0 Å². The van der Waals surface area contributed by atoms with Gasteiger partial charge in [-0.05, 0) is 76.5 Å². The monoisotopic (exact) mass is 524 g/mol. The Balaban J connectivity index is 1.40. The second-order valence-corrected chi connectivity index (χ2v) is 13.8. The fraction of sp³-hybridized carbons (Fsp3) is 0.957. The minimum Gasteiger partial charge on any atom is -0.394 e. The van der Waals surface area contributed by atoms with Crippen molar-refractivity contribution >= 4 is 39.1 Å². The molecule has 10 heteroatoms. The molecule has 3 saturated carbocycles. The molecular formula is C23H38Cl2N2O5S. The quantitative estimate of drug-likeness (QED) is 0.520. The molecule has 0 aromatic carbocycles. The number of morpholine rings is 1. The number of sulfonamides is 1. The number of halogens is 2. The standard InChI is InChI=1S/C23H38Cl2N2O5S/c24-16-3-1-15(2-4-16)11-23(29)26-18-7-10-22-21(12-18)27(13-19(14-28)32-22)33(30,31)20-8-5-17(25)6-9-20/h15-22,28H,1-14H2,(H,26,29)/t15?,16?,17?,18?,19-,20?,21?,22?/m0/s1. The van der Waals surface area contributed by atoms with E-state index >= 15 is 0 Å². The Morgan fingerprint density at radius 2 is 1.61 bits per heavy atom. The number of hydrogen-bond acceptors (Lipinski definition) is 5. The Hall–Kier alpha value is -0.120. The van der Waals surface area contributed by atoms with E-state index in [1.807, 2.05) is 0 Å². The lowest BCUT2D eigenvalue weighted by Crippen LogP contribution is -2.62. The molecule has 2 N–H and O–H groups in total. The first-order chi connectivity index (χ1) is 15.8. The predicted octanol–water partition coefficient (Wildman–Crippen LogP) is 3.15. The maximum Gasteiger partial charge on any atom is 0.220 e. The van der Waals surface area contributed by atoms with Crippen molar-refractivity contribution in [2.45, 2.75) is 117 Å². The van der Waals surface area contributed by atoms with Crippen molar-refractivity contribution < 1.29 is 23.1 Å². The predicted molar refractivity (Wildman–Crippen MR) is 129 cm³/mol. The summed E-state index contributed by atoms with van der Waals surface area (Å²) in [5.41, 5.74) is 0. The highest BCUT2D eigenvalue weighted by Gasteiger charge is 2.48. The zero-order valence-electron chi connectivity index (χ0n) is 19.2. The molecule has 0 radical (unpaired) electrons. The molecule has 3 unspecified atom stereocenters. The topological polar surface area (TPSA) is 95.9 Å². The molecule has 0 aromatic heterocycles. The number of amides is 1. The molecule has 0 bridgehead atoms. The van der Waals surface area contributed by atoms with E-state index < -0.39 is 21.4 Å². The Morgan fingerprint density at radius 1 is 0.970 bits per heavy atom. The number of aliphatic hydroxyl groups excluding tert-OH is 1. The average molecular weight is 526 g/mol. The van der Waals surface area contributed by atoms with Crippen molar-refractivity contribution in [1.82, 2.24) is 9.62 Å². The van der Waals surface area contributed by atoms with Crippen LogP contribution in [0, 0.1) is 5.92 Å². The molecule has 3 aliphatic carbocycles. The summed E-state index contributed by atoms with van der Waals surface area (Å²) in [6.07, 6.45) is 8.20. The number of nitrogens with zero attached hydrogens (tertiary/aromatic N) is 1. The van der Waals surface area contributed by atoms with Gasteiger partial charge in [-0.25, -0.2) is 8.42 Å². The van der Waals surface area contributed by atoms with E-state index in [1.165, 1.54) is 0 Å². The van der Waals surface area contributed by atoms with Gasteiger partial charge in [0.05, 0.1) is 30.1 Å². The average Bonchev–Trinajstić information content (AvgIpc) is 2.80. The molecule has 1 heterocycles. The van der Waals surface area contributed by atoms with Gasteiger partial charge in [0.1, 0.15) is 0 Å². The highest BCUT2D eigenvalue weighted by molar-refractivity contribution is 7.89. The summed E-state index contributed by atoms with van der Waals surface area (Å²) in [5.74, 6) is 0.435. The van der Waals surface area contributed by atoms with Crippen molar-refractivity contribution in [3.8, 4) is 0 Å². The number of ether oxygens (including phenoxy) is 1. The molecule has 190 valence electrons. The van der Waals surface area contributed by atoms with Crippen molar-refractivity contribution in [1.29, 1.82) is 0 Å². The Labute approximate surface area is 207 Å².